The van der Waals surface area contributed by atoms with E-state index in [1.165, 1.54) is 0 Å². The number of nitrogens with two attached hydrogens (primary N) is 1. The van der Waals surface area contributed by atoms with Crippen molar-refractivity contribution in [2.75, 3.05) is 0 Å². The van der Waals surface area contributed by atoms with E-state index in [4.69, 9.17) is 22.4 Å². The molecule has 0 spiro atoms. The minimum Gasteiger partial charge on any atom is -0.481 e. The first-order valence-corrected chi connectivity index (χ1v) is 4.41. The van der Waals surface area contributed by atoms with Crippen molar-refractivity contribution in [3.63, 3.8) is 0 Å². The second kappa shape index (κ2) is 4.55. The molecular weight excluding hydrogens is 228 g/mol. The van der Waals surface area contributed by atoms with Crippen molar-refractivity contribution in [2.24, 2.45) is 5.73 Å². The van der Waals surface area contributed by atoms with Crippen molar-refractivity contribution in [3.8, 4) is 0 Å². The third kappa shape index (κ3) is 2.87. The summed E-state index contributed by atoms with van der Waals surface area (Å²) in [4.78, 5) is 10.3. The number of carbonyl (C=O) groups is 1. The summed E-state index contributed by atoms with van der Waals surface area (Å²) in [5.74, 6) is -2.96. The molecule has 0 bridgehead atoms. The molecule has 0 saturated heterocycles. The molecule has 1 atom stereocenters. The fourth-order valence-electron chi connectivity index (χ4n) is 1.12. The van der Waals surface area contributed by atoms with Crippen LogP contribution in [-0.2, 0) is 4.79 Å². The van der Waals surface area contributed by atoms with E-state index >= 15 is 0 Å². The average molecular weight is 236 g/mol. The molecule has 0 fully saturated rings. The van der Waals surface area contributed by atoms with Crippen LogP contribution in [0.25, 0.3) is 0 Å². The minimum atomic E-state index is -1.16. The molecule has 1 aromatic rings. The minimum absolute atomic E-state index is 0.108. The average Bonchev–Trinajstić information content (AvgIpc) is 2.09. The first kappa shape index (κ1) is 11.9. The van der Waals surface area contributed by atoms with Crippen LogP contribution in [-0.4, -0.2) is 11.1 Å². The van der Waals surface area contributed by atoms with Crippen LogP contribution in [0.1, 0.15) is 18.0 Å². The van der Waals surface area contributed by atoms with Gasteiger partial charge in [-0.05, 0) is 6.07 Å². The van der Waals surface area contributed by atoms with Crippen LogP contribution in [0, 0.1) is 11.6 Å². The lowest BCUT2D eigenvalue weighted by Crippen LogP contribution is -2.16. The first-order valence-electron chi connectivity index (χ1n) is 4.03. The van der Waals surface area contributed by atoms with Crippen LogP contribution in [0.2, 0.25) is 5.02 Å². The van der Waals surface area contributed by atoms with Crippen LogP contribution >= 0.6 is 11.6 Å². The highest BCUT2D eigenvalue weighted by molar-refractivity contribution is 6.30. The molecule has 0 aromatic heterocycles. The number of carboxylic acid groups (broad SMARTS) is 1. The van der Waals surface area contributed by atoms with Gasteiger partial charge < -0.3 is 10.8 Å². The van der Waals surface area contributed by atoms with Gasteiger partial charge in [0.2, 0.25) is 0 Å². The second-order valence-corrected chi connectivity index (χ2v) is 3.40. The lowest BCUT2D eigenvalue weighted by atomic mass is 10.0. The van der Waals surface area contributed by atoms with Gasteiger partial charge in [-0.1, -0.05) is 11.6 Å². The smallest absolute Gasteiger partial charge is 0.305 e. The Balaban J connectivity index is 3.03. The Kier molecular flexibility index (Phi) is 3.60. The molecule has 1 rings (SSSR count). The summed E-state index contributed by atoms with van der Waals surface area (Å²) >= 11 is 5.42. The maximum Gasteiger partial charge on any atom is 0.305 e. The molecule has 1 aromatic carbocycles. The van der Waals surface area contributed by atoms with E-state index in [0.717, 1.165) is 6.07 Å². The Hall–Kier alpha value is -1.20. The van der Waals surface area contributed by atoms with E-state index in [-0.39, 0.29) is 10.6 Å². The summed E-state index contributed by atoms with van der Waals surface area (Å²) in [5, 5.41) is 8.17. The molecule has 3 N–H and O–H groups in total. The molecule has 0 radical (unpaired) electrons. The zero-order valence-electron chi connectivity index (χ0n) is 7.51. The number of carboxylic acids is 1. The highest BCUT2D eigenvalue weighted by atomic mass is 35.5. The van der Waals surface area contributed by atoms with Gasteiger partial charge in [-0.25, -0.2) is 8.78 Å². The second-order valence-electron chi connectivity index (χ2n) is 2.99. The van der Waals surface area contributed by atoms with Gasteiger partial charge in [0, 0.05) is 17.7 Å². The standard InChI is InChI=1S/C9H8ClF2NO2/c10-5-1-4(6(11)2-7(5)12)8(13)3-9(14)15/h1-2,8H,3,13H2,(H,14,15). The maximum atomic E-state index is 13.2. The SMILES string of the molecule is NC(CC(=O)O)c1cc(Cl)c(F)cc1F. The summed E-state index contributed by atoms with van der Waals surface area (Å²) in [6.07, 6.45) is -0.446. The van der Waals surface area contributed by atoms with Gasteiger partial charge in [-0.15, -0.1) is 0 Å². The molecule has 0 heterocycles. The van der Waals surface area contributed by atoms with E-state index in [2.05, 4.69) is 0 Å². The van der Waals surface area contributed by atoms with Crippen molar-refractivity contribution in [1.29, 1.82) is 0 Å². The Bertz CT molecular complexity index is 398. The van der Waals surface area contributed by atoms with Gasteiger partial charge in [-0.2, -0.15) is 0 Å². The van der Waals surface area contributed by atoms with E-state index in [9.17, 15) is 13.6 Å². The molecule has 1 unspecified atom stereocenters. The highest BCUT2D eigenvalue weighted by Gasteiger charge is 2.17. The van der Waals surface area contributed by atoms with Crippen molar-refractivity contribution < 1.29 is 18.7 Å². The fraction of sp³-hybridized carbons (Fsp3) is 0.222. The van der Waals surface area contributed by atoms with Gasteiger partial charge in [0.25, 0.3) is 0 Å². The van der Waals surface area contributed by atoms with Crippen molar-refractivity contribution in [2.45, 2.75) is 12.5 Å². The van der Waals surface area contributed by atoms with E-state index in [0.29, 0.717) is 6.07 Å². The predicted octanol–water partition coefficient (Wildman–Crippen LogP) is 2.09. The first-order chi connectivity index (χ1) is 6.91. The normalized spacial score (nSPS) is 12.5. The van der Waals surface area contributed by atoms with Crippen LogP contribution in [0.15, 0.2) is 12.1 Å². The number of halogens is 3. The van der Waals surface area contributed by atoms with Crippen LogP contribution < -0.4 is 5.73 Å². The molecule has 0 saturated carbocycles. The van der Waals surface area contributed by atoms with Gasteiger partial charge in [0.1, 0.15) is 11.6 Å². The van der Waals surface area contributed by atoms with Gasteiger partial charge in [0.05, 0.1) is 11.4 Å². The maximum absolute atomic E-state index is 13.2. The summed E-state index contributed by atoms with van der Waals surface area (Å²) in [7, 11) is 0. The molecule has 6 heteroatoms. The number of aliphatic carboxylic acids is 1. The Labute approximate surface area is 89.5 Å². The van der Waals surface area contributed by atoms with Crippen molar-refractivity contribution >= 4 is 17.6 Å². The molecular formula is C9H8ClF2NO2. The summed E-state index contributed by atoms with van der Waals surface area (Å²) < 4.78 is 25.9. The van der Waals surface area contributed by atoms with Crippen LogP contribution in [0.3, 0.4) is 0 Å². The molecule has 0 amide bonds. The molecule has 0 aliphatic rings. The monoisotopic (exact) mass is 235 g/mol. The Morgan fingerprint density at radius 3 is 2.60 bits per heavy atom. The zero-order chi connectivity index (χ0) is 11.6. The topological polar surface area (TPSA) is 63.3 Å². The van der Waals surface area contributed by atoms with Gasteiger partial charge >= 0.3 is 5.97 Å². The number of rotatable bonds is 3. The van der Waals surface area contributed by atoms with E-state index in [1.807, 2.05) is 0 Å². The predicted molar refractivity (Wildman–Crippen MR) is 50.5 cm³/mol. The third-order valence-corrected chi connectivity index (χ3v) is 2.12. The lowest BCUT2D eigenvalue weighted by molar-refractivity contribution is -0.137. The quantitative estimate of drug-likeness (QED) is 0.789. The molecule has 0 aliphatic carbocycles. The van der Waals surface area contributed by atoms with E-state index in [1.54, 1.807) is 0 Å². The van der Waals surface area contributed by atoms with Crippen LogP contribution in [0.5, 0.6) is 0 Å². The lowest BCUT2D eigenvalue weighted by Gasteiger charge is -2.11. The highest BCUT2D eigenvalue weighted by Crippen LogP contribution is 2.24. The van der Waals surface area contributed by atoms with E-state index < -0.39 is 30.1 Å². The number of hydrogen-bond donors (Lipinski definition) is 2. The molecule has 15 heavy (non-hydrogen) atoms. The van der Waals surface area contributed by atoms with Crippen LogP contribution in [0.4, 0.5) is 8.78 Å². The van der Waals surface area contributed by atoms with Crippen molar-refractivity contribution in [1.82, 2.24) is 0 Å². The molecule has 82 valence electrons. The summed E-state index contributed by atoms with van der Waals surface area (Å²) in [6, 6.07) is 0.541. The van der Waals surface area contributed by atoms with Gasteiger partial charge in [-0.3, -0.25) is 4.79 Å². The number of benzene rings is 1. The summed E-state index contributed by atoms with van der Waals surface area (Å²) in [5.41, 5.74) is 5.31. The van der Waals surface area contributed by atoms with Crippen molar-refractivity contribution in [3.05, 3.63) is 34.4 Å². The fourth-order valence-corrected chi connectivity index (χ4v) is 1.29. The third-order valence-electron chi connectivity index (χ3n) is 1.83. The zero-order valence-corrected chi connectivity index (χ0v) is 8.26. The molecule has 0 aliphatic heterocycles. The largest absolute Gasteiger partial charge is 0.481 e. The van der Waals surface area contributed by atoms with Gasteiger partial charge in [0.15, 0.2) is 0 Å². The summed E-state index contributed by atoms with van der Waals surface area (Å²) in [6.45, 7) is 0. The Morgan fingerprint density at radius 1 is 1.47 bits per heavy atom. The Morgan fingerprint density at radius 2 is 2.07 bits per heavy atom. The molecule has 3 nitrogen and oxygen atoms in total. The number of hydrogen-bond acceptors (Lipinski definition) is 2.